The van der Waals surface area contributed by atoms with E-state index in [-0.39, 0.29) is 11.8 Å². The van der Waals surface area contributed by atoms with Crippen LogP contribution in [-0.2, 0) is 9.53 Å². The lowest BCUT2D eigenvalue weighted by molar-refractivity contribution is -0.137. The lowest BCUT2D eigenvalue weighted by Crippen LogP contribution is -1.98. The summed E-state index contributed by atoms with van der Waals surface area (Å²) < 4.78 is 17.2. The first-order valence-electron chi connectivity index (χ1n) is 4.48. The number of hydrogen-bond acceptors (Lipinski definition) is 3. The van der Waals surface area contributed by atoms with Crippen LogP contribution in [-0.4, -0.2) is 12.6 Å². The molecule has 0 atom stereocenters. The van der Waals surface area contributed by atoms with Gasteiger partial charge in [-0.2, -0.15) is 0 Å². The second-order valence-electron chi connectivity index (χ2n) is 2.63. The van der Waals surface area contributed by atoms with Gasteiger partial charge in [0.15, 0.2) is 0 Å². The Morgan fingerprint density at radius 2 is 2.13 bits per heavy atom. The van der Waals surface area contributed by atoms with Crippen LogP contribution in [0.4, 0.5) is 4.39 Å². The third-order valence-corrected chi connectivity index (χ3v) is 2.32. The summed E-state index contributed by atoms with van der Waals surface area (Å²) in [5.74, 6) is -0.638. The maximum Gasteiger partial charge on any atom is 0.331 e. The van der Waals surface area contributed by atoms with Crippen LogP contribution in [0.2, 0.25) is 0 Å². The highest BCUT2D eigenvalue weighted by molar-refractivity contribution is 8.02. The maximum atomic E-state index is 12.5. The predicted molar refractivity (Wildman–Crippen MR) is 58.0 cm³/mol. The Bertz CT molecular complexity index is 346. The fraction of sp³-hybridized carbons (Fsp3) is 0.182. The van der Waals surface area contributed by atoms with Crippen molar-refractivity contribution in [3.05, 3.63) is 41.6 Å². The van der Waals surface area contributed by atoms with Crippen LogP contribution in [0.1, 0.15) is 6.92 Å². The summed E-state index contributed by atoms with van der Waals surface area (Å²) in [4.78, 5) is 11.8. The van der Waals surface area contributed by atoms with Gasteiger partial charge in [-0.05, 0) is 36.6 Å². The van der Waals surface area contributed by atoms with Crippen LogP contribution in [0.15, 0.2) is 40.6 Å². The van der Waals surface area contributed by atoms with Crippen LogP contribution in [0.25, 0.3) is 0 Å². The normalized spacial score (nSPS) is 10.5. The minimum Gasteiger partial charge on any atom is -0.463 e. The van der Waals surface area contributed by atoms with E-state index >= 15 is 0 Å². The number of carbonyl (C=O) groups is 1. The Hall–Kier alpha value is -1.29. The minimum absolute atomic E-state index is 0.270. The molecule has 1 aromatic rings. The molecule has 4 heteroatoms. The number of ether oxygens (including phenoxy) is 1. The average Bonchev–Trinajstić information content (AvgIpc) is 2.21. The third kappa shape index (κ3) is 4.65. The van der Waals surface area contributed by atoms with Crippen molar-refractivity contribution in [1.82, 2.24) is 0 Å². The second kappa shape index (κ2) is 6.24. The summed E-state index contributed by atoms with van der Waals surface area (Å²) in [6, 6.07) is 6.05. The van der Waals surface area contributed by atoms with Gasteiger partial charge in [-0.25, -0.2) is 9.18 Å². The molecular formula is C11H11FO2S. The fourth-order valence-electron chi connectivity index (χ4n) is 0.872. The number of thioether (sulfide) groups is 1. The molecule has 0 amide bonds. The molecule has 0 bridgehead atoms. The van der Waals surface area contributed by atoms with Crippen molar-refractivity contribution in [3.8, 4) is 0 Å². The monoisotopic (exact) mass is 226 g/mol. The Morgan fingerprint density at radius 1 is 1.47 bits per heavy atom. The molecule has 15 heavy (non-hydrogen) atoms. The molecule has 0 aromatic heterocycles. The number of carbonyl (C=O) groups excluding carboxylic acids is 1. The fourth-order valence-corrected chi connectivity index (χ4v) is 1.50. The average molecular weight is 226 g/mol. The maximum absolute atomic E-state index is 12.5. The number of benzene rings is 1. The van der Waals surface area contributed by atoms with Gasteiger partial charge in [-0.15, -0.1) is 0 Å². The largest absolute Gasteiger partial charge is 0.463 e. The van der Waals surface area contributed by atoms with Crippen molar-refractivity contribution in [3.63, 3.8) is 0 Å². The first-order valence-corrected chi connectivity index (χ1v) is 5.36. The summed E-state index contributed by atoms with van der Waals surface area (Å²) in [7, 11) is 0. The highest BCUT2D eigenvalue weighted by Crippen LogP contribution is 2.18. The Kier molecular flexibility index (Phi) is 4.90. The smallest absolute Gasteiger partial charge is 0.331 e. The Morgan fingerprint density at radius 3 is 2.73 bits per heavy atom. The van der Waals surface area contributed by atoms with E-state index in [0.717, 1.165) is 4.90 Å². The van der Waals surface area contributed by atoms with Gasteiger partial charge >= 0.3 is 5.97 Å². The minimum atomic E-state index is -0.368. The molecule has 0 aliphatic carbocycles. The van der Waals surface area contributed by atoms with Gasteiger partial charge in [0, 0.05) is 11.0 Å². The molecule has 0 saturated carbocycles. The molecule has 0 spiro atoms. The van der Waals surface area contributed by atoms with Crippen LogP contribution in [0, 0.1) is 5.82 Å². The van der Waals surface area contributed by atoms with E-state index in [1.54, 1.807) is 24.5 Å². The molecule has 0 N–H and O–H groups in total. The van der Waals surface area contributed by atoms with Gasteiger partial charge in [0.25, 0.3) is 0 Å². The first kappa shape index (κ1) is 11.8. The molecule has 2 nitrogen and oxygen atoms in total. The molecule has 1 rings (SSSR count). The molecule has 80 valence electrons. The lowest BCUT2D eigenvalue weighted by atomic mass is 10.4. The van der Waals surface area contributed by atoms with Gasteiger partial charge < -0.3 is 4.74 Å². The number of halogens is 1. The molecule has 0 unspecified atom stereocenters. The summed E-state index contributed by atoms with van der Waals surface area (Å²) in [6.07, 6.45) is 1.34. The van der Waals surface area contributed by atoms with E-state index in [2.05, 4.69) is 0 Å². The van der Waals surface area contributed by atoms with Gasteiger partial charge in [0.05, 0.1) is 6.61 Å². The Balaban J connectivity index is 2.43. The summed E-state index contributed by atoms with van der Waals surface area (Å²) >= 11 is 1.34. The number of hydrogen-bond donors (Lipinski definition) is 0. The second-order valence-corrected chi connectivity index (χ2v) is 3.61. The Labute approximate surface area is 92.1 Å². The molecule has 1 aromatic carbocycles. The van der Waals surface area contributed by atoms with Crippen LogP contribution >= 0.6 is 11.8 Å². The summed E-state index contributed by atoms with van der Waals surface area (Å²) in [5.41, 5.74) is 0. The molecule has 0 fully saturated rings. The zero-order valence-electron chi connectivity index (χ0n) is 8.27. The van der Waals surface area contributed by atoms with Crippen molar-refractivity contribution >= 4 is 17.7 Å². The van der Waals surface area contributed by atoms with Crippen molar-refractivity contribution in [2.45, 2.75) is 11.8 Å². The van der Waals surface area contributed by atoms with Gasteiger partial charge in [0.1, 0.15) is 5.82 Å². The van der Waals surface area contributed by atoms with Gasteiger partial charge in [-0.3, -0.25) is 0 Å². The van der Waals surface area contributed by atoms with E-state index in [0.29, 0.717) is 6.61 Å². The number of esters is 1. The van der Waals surface area contributed by atoms with E-state index in [9.17, 15) is 9.18 Å². The summed E-state index contributed by atoms with van der Waals surface area (Å²) in [6.45, 7) is 2.11. The van der Waals surface area contributed by atoms with Crippen LogP contribution in [0.3, 0.4) is 0 Å². The van der Waals surface area contributed by atoms with Gasteiger partial charge in [-0.1, -0.05) is 11.8 Å². The molecule has 0 aliphatic rings. The highest BCUT2D eigenvalue weighted by atomic mass is 32.2. The van der Waals surface area contributed by atoms with Gasteiger partial charge in [0.2, 0.25) is 0 Å². The van der Waals surface area contributed by atoms with E-state index in [1.807, 2.05) is 0 Å². The van der Waals surface area contributed by atoms with Crippen LogP contribution < -0.4 is 0 Å². The topological polar surface area (TPSA) is 26.3 Å². The zero-order valence-corrected chi connectivity index (χ0v) is 9.09. The lowest BCUT2D eigenvalue weighted by Gasteiger charge is -1.96. The predicted octanol–water partition coefficient (Wildman–Crippen LogP) is 2.99. The number of rotatable bonds is 4. The SMILES string of the molecule is CCOC(=O)/C=C/Sc1ccc(F)cc1. The van der Waals surface area contributed by atoms with E-state index < -0.39 is 0 Å². The molecule has 0 heterocycles. The van der Waals surface area contributed by atoms with Crippen LogP contribution in [0.5, 0.6) is 0 Å². The molecule has 0 radical (unpaired) electrons. The highest BCUT2D eigenvalue weighted by Gasteiger charge is 1.94. The van der Waals surface area contributed by atoms with Crippen molar-refractivity contribution in [1.29, 1.82) is 0 Å². The standard InChI is InChI=1S/C11H11FO2S/c1-2-14-11(13)7-8-15-10-5-3-9(12)4-6-10/h3-8H,2H2,1H3/b8-7+. The van der Waals surface area contributed by atoms with Crippen molar-refractivity contribution < 1.29 is 13.9 Å². The quantitative estimate of drug-likeness (QED) is 0.448. The van der Waals surface area contributed by atoms with E-state index in [4.69, 9.17) is 4.74 Å². The summed E-state index contributed by atoms with van der Waals surface area (Å²) in [5, 5.41) is 1.62. The van der Waals surface area contributed by atoms with E-state index in [1.165, 1.54) is 30.0 Å². The molecular weight excluding hydrogens is 215 g/mol. The first-order chi connectivity index (χ1) is 7.22. The molecule has 0 saturated heterocycles. The molecule has 0 aliphatic heterocycles. The third-order valence-electron chi connectivity index (χ3n) is 1.51. The van der Waals surface area contributed by atoms with Crippen molar-refractivity contribution in [2.75, 3.05) is 6.61 Å². The zero-order chi connectivity index (χ0) is 11.1. The van der Waals surface area contributed by atoms with Crippen molar-refractivity contribution in [2.24, 2.45) is 0 Å².